The molecule has 6 nitrogen and oxygen atoms in total. The maximum absolute atomic E-state index is 12.5. The summed E-state index contributed by atoms with van der Waals surface area (Å²) in [4.78, 5) is 24.9. The van der Waals surface area contributed by atoms with Crippen LogP contribution in [0.5, 0.6) is 5.75 Å². The largest absolute Gasteiger partial charge is 0.494 e. The smallest absolute Gasteiger partial charge is 0.257 e. The van der Waals surface area contributed by atoms with E-state index >= 15 is 0 Å². The third-order valence-electron chi connectivity index (χ3n) is 4.44. The number of ether oxygens (including phenoxy) is 1. The van der Waals surface area contributed by atoms with Crippen LogP contribution in [0.2, 0.25) is 5.02 Å². The molecule has 0 heterocycles. The summed E-state index contributed by atoms with van der Waals surface area (Å²) < 4.78 is 5.38. The quantitative estimate of drug-likeness (QED) is 0.472. The number of thiocarbonyl (C=S) groups is 1. The lowest BCUT2D eigenvalue weighted by atomic mass is 10.1. The number of hydrogen-bond donors (Lipinski definition) is 3. The molecule has 0 spiro atoms. The van der Waals surface area contributed by atoms with E-state index in [1.165, 1.54) is 7.11 Å². The molecule has 158 valence electrons. The van der Waals surface area contributed by atoms with Crippen molar-refractivity contribution < 1.29 is 14.3 Å². The van der Waals surface area contributed by atoms with Crippen molar-refractivity contribution >= 4 is 52.1 Å². The predicted molar refractivity (Wildman–Crippen MR) is 127 cm³/mol. The molecule has 3 N–H and O–H groups in total. The van der Waals surface area contributed by atoms with Crippen molar-refractivity contribution in [3.05, 3.63) is 88.4 Å². The minimum absolute atomic E-state index is 0.142. The lowest BCUT2D eigenvalue weighted by molar-refractivity contribution is 0.0975. The number of anilines is 2. The molecule has 0 aliphatic carbocycles. The number of amides is 2. The number of rotatable bonds is 5. The number of aryl methyl sites for hydroxylation is 1. The van der Waals surface area contributed by atoms with Gasteiger partial charge >= 0.3 is 0 Å². The van der Waals surface area contributed by atoms with Crippen LogP contribution in [0.1, 0.15) is 26.3 Å². The Morgan fingerprint density at radius 2 is 1.58 bits per heavy atom. The van der Waals surface area contributed by atoms with E-state index in [1.807, 2.05) is 19.1 Å². The Kier molecular flexibility index (Phi) is 7.23. The van der Waals surface area contributed by atoms with Gasteiger partial charge in [-0.3, -0.25) is 14.9 Å². The fourth-order valence-electron chi connectivity index (χ4n) is 2.87. The highest BCUT2D eigenvalue weighted by atomic mass is 35.5. The zero-order valence-electron chi connectivity index (χ0n) is 16.9. The standard InChI is InChI=1S/C23H20ClN3O3S/c1-14-7-3-4-8-16(14)21(28)27-23(31)25-15-11-12-19(20(13-15)30-2)26-22(29)17-9-5-6-10-18(17)24/h3-13H,1-2H3,(H,26,29)(H2,25,27,28,31). The summed E-state index contributed by atoms with van der Waals surface area (Å²) in [5.74, 6) is -0.241. The number of methoxy groups -OCH3 is 1. The number of hydrogen-bond acceptors (Lipinski definition) is 4. The van der Waals surface area contributed by atoms with E-state index in [4.69, 9.17) is 28.6 Å². The van der Waals surface area contributed by atoms with Gasteiger partial charge in [0.05, 0.1) is 23.4 Å². The predicted octanol–water partition coefficient (Wildman–Crippen LogP) is 5.04. The van der Waals surface area contributed by atoms with Gasteiger partial charge in [-0.25, -0.2) is 0 Å². The van der Waals surface area contributed by atoms with E-state index in [0.717, 1.165) is 5.56 Å². The topological polar surface area (TPSA) is 79.5 Å². The van der Waals surface area contributed by atoms with E-state index in [-0.39, 0.29) is 16.9 Å². The van der Waals surface area contributed by atoms with Gasteiger partial charge in [0.25, 0.3) is 11.8 Å². The van der Waals surface area contributed by atoms with E-state index in [2.05, 4.69) is 16.0 Å². The molecule has 0 aromatic heterocycles. The summed E-state index contributed by atoms with van der Waals surface area (Å²) in [5, 5.41) is 8.87. The van der Waals surface area contributed by atoms with Crippen LogP contribution in [0.25, 0.3) is 0 Å². The van der Waals surface area contributed by atoms with E-state index in [9.17, 15) is 9.59 Å². The van der Waals surface area contributed by atoms with E-state index in [1.54, 1.807) is 54.6 Å². The highest BCUT2D eigenvalue weighted by Crippen LogP contribution is 2.29. The monoisotopic (exact) mass is 453 g/mol. The number of carbonyl (C=O) groups excluding carboxylic acids is 2. The van der Waals surface area contributed by atoms with Crippen LogP contribution in [-0.4, -0.2) is 24.0 Å². The van der Waals surface area contributed by atoms with Crippen molar-refractivity contribution in [2.75, 3.05) is 17.7 Å². The first kappa shape index (κ1) is 22.3. The van der Waals surface area contributed by atoms with Crippen molar-refractivity contribution in [2.24, 2.45) is 0 Å². The van der Waals surface area contributed by atoms with Crippen LogP contribution in [0.4, 0.5) is 11.4 Å². The van der Waals surface area contributed by atoms with Crippen LogP contribution >= 0.6 is 23.8 Å². The lowest BCUT2D eigenvalue weighted by Gasteiger charge is -2.14. The molecule has 2 amide bonds. The molecule has 0 saturated carbocycles. The minimum atomic E-state index is -0.356. The summed E-state index contributed by atoms with van der Waals surface area (Å²) in [7, 11) is 1.49. The van der Waals surface area contributed by atoms with Gasteiger partial charge in [0.2, 0.25) is 0 Å². The lowest BCUT2D eigenvalue weighted by Crippen LogP contribution is -2.34. The second-order valence-electron chi connectivity index (χ2n) is 6.57. The molecule has 3 rings (SSSR count). The molecule has 3 aromatic carbocycles. The molecule has 0 aliphatic heterocycles. The van der Waals surface area contributed by atoms with Crippen molar-refractivity contribution in [3.63, 3.8) is 0 Å². The Bertz CT molecular complexity index is 1150. The second kappa shape index (κ2) is 10.1. The van der Waals surface area contributed by atoms with Gasteiger partial charge in [-0.05, 0) is 55.0 Å². The van der Waals surface area contributed by atoms with E-state index < -0.39 is 0 Å². The van der Waals surface area contributed by atoms with Crippen LogP contribution in [0, 0.1) is 6.92 Å². The number of benzene rings is 3. The Balaban J connectivity index is 1.69. The molecule has 0 atom stereocenters. The van der Waals surface area contributed by atoms with Gasteiger partial charge in [0.15, 0.2) is 5.11 Å². The number of halogens is 1. The Hall–Kier alpha value is -3.42. The first-order chi connectivity index (χ1) is 14.9. The maximum Gasteiger partial charge on any atom is 0.257 e. The van der Waals surface area contributed by atoms with Crippen LogP contribution < -0.4 is 20.7 Å². The van der Waals surface area contributed by atoms with Crippen molar-refractivity contribution in [2.45, 2.75) is 6.92 Å². The summed E-state index contributed by atoms with van der Waals surface area (Å²) in [6.07, 6.45) is 0. The Morgan fingerprint density at radius 3 is 2.26 bits per heavy atom. The maximum atomic E-state index is 12.5. The third kappa shape index (κ3) is 5.59. The van der Waals surface area contributed by atoms with Crippen LogP contribution in [0.15, 0.2) is 66.7 Å². The summed E-state index contributed by atoms with van der Waals surface area (Å²) in [5.41, 5.74) is 2.80. The SMILES string of the molecule is COc1cc(NC(=S)NC(=O)c2ccccc2C)ccc1NC(=O)c1ccccc1Cl. The van der Waals surface area contributed by atoms with Gasteiger partial charge in [-0.15, -0.1) is 0 Å². The van der Waals surface area contributed by atoms with Crippen molar-refractivity contribution in [1.29, 1.82) is 0 Å². The average Bonchev–Trinajstić information content (AvgIpc) is 2.75. The fraction of sp³-hybridized carbons (Fsp3) is 0.0870. The van der Waals surface area contributed by atoms with Gasteiger partial charge in [-0.1, -0.05) is 41.9 Å². The minimum Gasteiger partial charge on any atom is -0.494 e. The highest BCUT2D eigenvalue weighted by Gasteiger charge is 2.14. The average molecular weight is 454 g/mol. The van der Waals surface area contributed by atoms with Gasteiger partial charge in [0.1, 0.15) is 5.75 Å². The molecule has 0 bridgehead atoms. The molecule has 3 aromatic rings. The zero-order valence-corrected chi connectivity index (χ0v) is 18.4. The van der Waals surface area contributed by atoms with Crippen LogP contribution in [0.3, 0.4) is 0 Å². The molecule has 0 unspecified atom stereocenters. The van der Waals surface area contributed by atoms with Crippen molar-refractivity contribution in [3.8, 4) is 5.75 Å². The molecular weight excluding hydrogens is 434 g/mol. The van der Waals surface area contributed by atoms with E-state index in [0.29, 0.717) is 33.3 Å². The Labute approximate surface area is 190 Å². The molecule has 0 fully saturated rings. The fourth-order valence-corrected chi connectivity index (χ4v) is 3.30. The molecule has 8 heteroatoms. The van der Waals surface area contributed by atoms with Crippen LogP contribution in [-0.2, 0) is 0 Å². The van der Waals surface area contributed by atoms with Gasteiger partial charge in [0, 0.05) is 17.3 Å². The highest BCUT2D eigenvalue weighted by molar-refractivity contribution is 7.80. The molecule has 0 saturated heterocycles. The summed E-state index contributed by atoms with van der Waals surface area (Å²) in [6.45, 7) is 1.85. The Morgan fingerprint density at radius 1 is 0.903 bits per heavy atom. The zero-order chi connectivity index (χ0) is 22.4. The normalized spacial score (nSPS) is 10.2. The molecule has 31 heavy (non-hydrogen) atoms. The van der Waals surface area contributed by atoms with Crippen molar-refractivity contribution in [1.82, 2.24) is 5.32 Å². The molecule has 0 radical (unpaired) electrons. The third-order valence-corrected chi connectivity index (χ3v) is 4.98. The summed E-state index contributed by atoms with van der Waals surface area (Å²) >= 11 is 11.3. The second-order valence-corrected chi connectivity index (χ2v) is 7.39. The summed E-state index contributed by atoms with van der Waals surface area (Å²) in [6, 6.07) is 19.0. The number of nitrogens with one attached hydrogen (secondary N) is 3. The first-order valence-corrected chi connectivity index (χ1v) is 10.1. The molecule has 0 aliphatic rings. The first-order valence-electron chi connectivity index (χ1n) is 9.31. The van der Waals surface area contributed by atoms with Gasteiger partial charge < -0.3 is 15.4 Å². The molecular formula is C23H20ClN3O3S. The number of carbonyl (C=O) groups is 2. The van der Waals surface area contributed by atoms with Gasteiger partial charge in [-0.2, -0.15) is 0 Å².